The minimum Gasteiger partial charge on any atom is -0.391 e. The Morgan fingerprint density at radius 2 is 1.04 bits per heavy atom. The fourth-order valence-electron chi connectivity index (χ4n) is 4.28. The van der Waals surface area contributed by atoms with Crippen LogP contribution in [0.1, 0.15) is 167 Å². The van der Waals surface area contributed by atoms with Gasteiger partial charge in [-0.2, -0.15) is 0 Å². The highest BCUT2D eigenvalue weighted by molar-refractivity contribution is 5.82. The maximum atomic E-state index is 12.5. The predicted octanol–water partition coefficient (Wildman–Crippen LogP) is 8.19. The highest BCUT2D eigenvalue weighted by Crippen LogP contribution is 2.19. The van der Waals surface area contributed by atoms with E-state index < -0.39 is 0 Å². The van der Waals surface area contributed by atoms with Crippen LogP contribution in [0, 0.1) is 16.2 Å². The molecule has 8 nitrogen and oxygen atoms in total. The van der Waals surface area contributed by atoms with Crippen LogP contribution in [-0.4, -0.2) is 77.7 Å². The SMILES string of the molecule is CC(=O)C(C)(C)C.CCCCCCC(O)CN(C)C(=O)C(C)(C)C.CCCCCCCCN(CCCNC(C)=O)C(=O)C(C)(C)C. The molecule has 8 heteroatoms. The first-order chi connectivity index (χ1) is 21.0. The van der Waals surface area contributed by atoms with Crippen molar-refractivity contribution in [3.8, 4) is 0 Å². The molecule has 0 saturated heterocycles. The number of nitrogens with zero attached hydrogens (tertiary/aromatic N) is 2. The molecule has 0 heterocycles. The van der Waals surface area contributed by atoms with Crippen molar-refractivity contribution in [1.29, 1.82) is 0 Å². The molecule has 0 radical (unpaired) electrons. The van der Waals surface area contributed by atoms with E-state index in [-0.39, 0.29) is 45.9 Å². The molecule has 0 aromatic heterocycles. The van der Waals surface area contributed by atoms with Crippen LogP contribution < -0.4 is 5.32 Å². The molecule has 1 atom stereocenters. The summed E-state index contributed by atoms with van der Waals surface area (Å²) in [5.41, 5.74) is -0.840. The van der Waals surface area contributed by atoms with E-state index in [1.54, 1.807) is 18.9 Å². The largest absolute Gasteiger partial charge is 0.391 e. The van der Waals surface area contributed by atoms with Gasteiger partial charge < -0.3 is 20.2 Å². The maximum absolute atomic E-state index is 12.5. The second kappa shape index (κ2) is 26.0. The van der Waals surface area contributed by atoms with Crippen LogP contribution in [0.2, 0.25) is 0 Å². The maximum Gasteiger partial charge on any atom is 0.227 e. The number of hydrogen-bond donors (Lipinski definition) is 2. The summed E-state index contributed by atoms with van der Waals surface area (Å²) in [5, 5.41) is 12.6. The molecule has 0 spiro atoms. The Bertz CT molecular complexity index is 822. The second-order valence-electron chi connectivity index (χ2n) is 15.9. The summed E-state index contributed by atoms with van der Waals surface area (Å²) in [7, 11) is 1.77. The van der Waals surface area contributed by atoms with Crippen molar-refractivity contribution in [2.45, 2.75) is 173 Å². The molecule has 46 heavy (non-hydrogen) atoms. The van der Waals surface area contributed by atoms with Crippen molar-refractivity contribution in [2.24, 2.45) is 16.2 Å². The average Bonchev–Trinajstić information content (AvgIpc) is 2.92. The monoisotopic (exact) mass is 656 g/mol. The number of Topliss-reactive ketones (excluding diaryl/α,β-unsaturated/α-hetero) is 1. The number of hydrogen-bond acceptors (Lipinski definition) is 5. The van der Waals surface area contributed by atoms with Gasteiger partial charge in [0.15, 0.2) is 0 Å². The molecule has 0 saturated carbocycles. The first-order valence-electron chi connectivity index (χ1n) is 18.0. The van der Waals surface area contributed by atoms with E-state index in [0.717, 1.165) is 38.8 Å². The van der Waals surface area contributed by atoms with E-state index in [2.05, 4.69) is 19.2 Å². The molecule has 3 amide bonds. The van der Waals surface area contributed by atoms with Crippen molar-refractivity contribution in [1.82, 2.24) is 15.1 Å². The topological polar surface area (TPSA) is 107 Å². The lowest BCUT2D eigenvalue weighted by molar-refractivity contribution is -0.140. The normalized spacial score (nSPS) is 12.2. The van der Waals surface area contributed by atoms with E-state index in [4.69, 9.17) is 0 Å². The Morgan fingerprint density at radius 1 is 0.630 bits per heavy atom. The average molecular weight is 656 g/mol. The molecule has 0 aromatic rings. The summed E-state index contributed by atoms with van der Waals surface area (Å²) in [6.45, 7) is 27.5. The first kappa shape index (κ1) is 48.4. The number of amides is 3. The second-order valence-corrected chi connectivity index (χ2v) is 15.9. The van der Waals surface area contributed by atoms with Crippen LogP contribution in [0.4, 0.5) is 0 Å². The lowest BCUT2D eigenvalue weighted by atomic mass is 9.92. The van der Waals surface area contributed by atoms with Crippen molar-refractivity contribution in [2.75, 3.05) is 33.2 Å². The molecule has 0 aliphatic heterocycles. The molecule has 0 rings (SSSR count). The highest BCUT2D eigenvalue weighted by Gasteiger charge is 2.27. The number of aliphatic hydroxyl groups excluding tert-OH is 1. The van der Waals surface area contributed by atoms with Crippen LogP contribution in [0.3, 0.4) is 0 Å². The van der Waals surface area contributed by atoms with Gasteiger partial charge in [0.25, 0.3) is 0 Å². The van der Waals surface area contributed by atoms with Gasteiger partial charge in [-0.25, -0.2) is 0 Å². The fourth-order valence-corrected chi connectivity index (χ4v) is 4.28. The Labute approximate surface area is 285 Å². The van der Waals surface area contributed by atoms with Crippen LogP contribution in [0.25, 0.3) is 0 Å². The van der Waals surface area contributed by atoms with Gasteiger partial charge in [-0.3, -0.25) is 19.2 Å². The number of carbonyl (C=O) groups excluding carboxylic acids is 4. The number of carbonyl (C=O) groups is 4. The summed E-state index contributed by atoms with van der Waals surface area (Å²) in [6.07, 6.45) is 13.3. The number of ketones is 1. The van der Waals surface area contributed by atoms with Gasteiger partial charge in [-0.1, -0.05) is 134 Å². The van der Waals surface area contributed by atoms with Crippen molar-refractivity contribution < 1.29 is 24.3 Å². The van der Waals surface area contributed by atoms with Gasteiger partial charge >= 0.3 is 0 Å². The lowest BCUT2D eigenvalue weighted by Crippen LogP contribution is -2.41. The number of likely N-dealkylation sites (N-methyl/N-ethyl adjacent to an activating group) is 1. The fraction of sp³-hybridized carbons (Fsp3) is 0.895. The van der Waals surface area contributed by atoms with E-state index in [0.29, 0.717) is 13.1 Å². The molecule has 2 N–H and O–H groups in total. The third-order valence-corrected chi connectivity index (χ3v) is 7.61. The van der Waals surface area contributed by atoms with Gasteiger partial charge in [-0.05, 0) is 26.2 Å². The number of aliphatic hydroxyl groups is 1. The summed E-state index contributed by atoms with van der Waals surface area (Å²) in [6, 6.07) is 0. The smallest absolute Gasteiger partial charge is 0.227 e. The quantitative estimate of drug-likeness (QED) is 0.145. The molecule has 274 valence electrons. The number of nitrogens with one attached hydrogen (secondary N) is 1. The van der Waals surface area contributed by atoms with Gasteiger partial charge in [0.1, 0.15) is 5.78 Å². The van der Waals surface area contributed by atoms with E-state index >= 15 is 0 Å². The molecule has 0 aliphatic rings. The summed E-state index contributed by atoms with van der Waals surface area (Å²) >= 11 is 0. The Balaban J connectivity index is -0.000000680. The number of rotatable bonds is 18. The molecule has 1 unspecified atom stereocenters. The first-order valence-corrected chi connectivity index (χ1v) is 18.0. The third kappa shape index (κ3) is 29.4. The molecule has 0 aromatic carbocycles. The molecular formula is C38H77N3O5. The predicted molar refractivity (Wildman–Crippen MR) is 195 cm³/mol. The summed E-state index contributed by atoms with van der Waals surface area (Å²) < 4.78 is 0. The van der Waals surface area contributed by atoms with Crippen LogP contribution in [-0.2, 0) is 19.2 Å². The Kier molecular flexibility index (Phi) is 27.4. The molecular weight excluding hydrogens is 578 g/mol. The highest BCUT2D eigenvalue weighted by atomic mass is 16.3. The molecule has 0 bridgehead atoms. The number of unbranched alkanes of at least 4 members (excludes halogenated alkanes) is 8. The van der Waals surface area contributed by atoms with Crippen LogP contribution in [0.15, 0.2) is 0 Å². The zero-order valence-electron chi connectivity index (χ0n) is 32.9. The lowest BCUT2D eigenvalue weighted by Gasteiger charge is -2.29. The van der Waals surface area contributed by atoms with Gasteiger partial charge in [0.2, 0.25) is 17.7 Å². The summed E-state index contributed by atoms with van der Waals surface area (Å²) in [4.78, 5) is 49.4. The Hall–Kier alpha value is -1.96. The molecule has 0 aliphatic carbocycles. The van der Waals surface area contributed by atoms with E-state index in [1.165, 1.54) is 58.3 Å². The summed E-state index contributed by atoms with van der Waals surface area (Å²) in [5.74, 6) is 0.533. The van der Waals surface area contributed by atoms with Crippen LogP contribution in [0.5, 0.6) is 0 Å². The minimum absolute atomic E-state index is 0.00961. The minimum atomic E-state index is -0.386. The van der Waals surface area contributed by atoms with Crippen molar-refractivity contribution >= 4 is 23.5 Å². The molecule has 0 fully saturated rings. The standard InChI is InChI=1S/C18H36N2O2.C14H29NO2.C6H12O/c1-6-7-8-9-10-11-14-20(17(22)18(3,4)5)15-12-13-19-16(2)21;1-6-7-8-9-10-12(16)11-15(5)13(17)14(2,3)4;1-5(7)6(2,3)4/h6-15H2,1-5H3,(H,19,21);12,16H,6-11H2,1-5H3;1-4H3. The third-order valence-electron chi connectivity index (χ3n) is 7.61. The van der Waals surface area contributed by atoms with Gasteiger partial charge in [-0.15, -0.1) is 0 Å². The zero-order valence-corrected chi connectivity index (χ0v) is 32.9. The van der Waals surface area contributed by atoms with E-state index in [9.17, 15) is 24.3 Å². The Morgan fingerprint density at radius 3 is 1.46 bits per heavy atom. The van der Waals surface area contributed by atoms with Crippen molar-refractivity contribution in [3.05, 3.63) is 0 Å². The van der Waals surface area contributed by atoms with Gasteiger partial charge in [0, 0.05) is 56.4 Å². The van der Waals surface area contributed by atoms with Gasteiger partial charge in [0.05, 0.1) is 6.10 Å². The zero-order chi connectivity index (χ0) is 36.6. The van der Waals surface area contributed by atoms with Crippen LogP contribution >= 0.6 is 0 Å². The van der Waals surface area contributed by atoms with E-state index in [1.807, 2.05) is 67.2 Å². The van der Waals surface area contributed by atoms with Crippen molar-refractivity contribution in [3.63, 3.8) is 0 Å².